The number of aliphatic hydroxyl groups is 1. The van der Waals surface area contributed by atoms with Crippen LogP contribution in [-0.2, 0) is 25.7 Å². The number of fused-ring (bicyclic) bond motifs is 7. The molecule has 0 aromatic heterocycles. The summed E-state index contributed by atoms with van der Waals surface area (Å²) < 4.78 is 6.19. The van der Waals surface area contributed by atoms with Crippen LogP contribution in [0.25, 0.3) is 0 Å². The lowest BCUT2D eigenvalue weighted by Gasteiger charge is -2.72. The molecule has 0 saturated heterocycles. The first kappa shape index (κ1) is 43.3. The lowest BCUT2D eigenvalue weighted by atomic mass is 9.33. The van der Waals surface area contributed by atoms with E-state index in [9.17, 15) is 24.6 Å². The summed E-state index contributed by atoms with van der Waals surface area (Å²) in [4.78, 5) is 41.5. The van der Waals surface area contributed by atoms with Gasteiger partial charge in [-0.2, -0.15) is 0 Å². The Hall–Kier alpha value is -2.26. The van der Waals surface area contributed by atoms with Crippen LogP contribution in [0, 0.1) is 56.2 Å². The van der Waals surface area contributed by atoms with E-state index in [0.29, 0.717) is 36.4 Å². The molecule has 1 aromatic rings. The molecule has 56 heavy (non-hydrogen) atoms. The molecular weight excluding hydrogens is 724 g/mol. The molecule has 0 aliphatic heterocycles. The van der Waals surface area contributed by atoms with Gasteiger partial charge in [-0.3, -0.25) is 19.3 Å². The average Bonchev–Trinajstić information content (AvgIpc) is 3.42. The number of carbonyl (C=O) groups is 3. The van der Waals surface area contributed by atoms with Crippen molar-refractivity contribution in [2.45, 2.75) is 145 Å². The molecule has 4 saturated carbocycles. The molecule has 3 N–H and O–H groups in total. The number of aliphatic hydroxyl groups excluding tert-OH is 1. The predicted molar refractivity (Wildman–Crippen MR) is 222 cm³/mol. The van der Waals surface area contributed by atoms with Crippen LogP contribution in [-0.4, -0.2) is 71.7 Å². The van der Waals surface area contributed by atoms with E-state index in [0.717, 1.165) is 75.6 Å². The van der Waals surface area contributed by atoms with Crippen LogP contribution < -0.4 is 5.32 Å². The quantitative estimate of drug-likeness (QED) is 0.170. The van der Waals surface area contributed by atoms with Crippen molar-refractivity contribution in [1.82, 2.24) is 10.2 Å². The first-order valence-corrected chi connectivity index (χ1v) is 22.0. The average molecular weight is 796 g/mol. The summed E-state index contributed by atoms with van der Waals surface area (Å²) in [5.41, 5.74) is 1.53. The maximum absolute atomic E-state index is 14.3. The van der Waals surface area contributed by atoms with Gasteiger partial charge in [-0.15, -0.1) is 0 Å². The maximum Gasteiger partial charge on any atom is 0.309 e. The van der Waals surface area contributed by atoms with E-state index >= 15 is 0 Å². The number of carboxylic acids is 1. The second-order valence-electron chi connectivity index (χ2n) is 21.0. The van der Waals surface area contributed by atoms with Crippen LogP contribution in [0.2, 0.25) is 5.02 Å². The van der Waals surface area contributed by atoms with Gasteiger partial charge in [0.2, 0.25) is 0 Å². The summed E-state index contributed by atoms with van der Waals surface area (Å²) in [5.74, 6) is 0.000592. The van der Waals surface area contributed by atoms with E-state index in [1.165, 1.54) is 5.57 Å². The summed E-state index contributed by atoms with van der Waals surface area (Å²) >= 11 is 6.22. The zero-order valence-corrected chi connectivity index (χ0v) is 36.8. The van der Waals surface area contributed by atoms with Gasteiger partial charge in [0.05, 0.1) is 17.9 Å². The van der Waals surface area contributed by atoms with E-state index < -0.39 is 28.9 Å². The number of hydrogen-bond donors (Lipinski definition) is 3. The fourth-order valence-electron chi connectivity index (χ4n) is 13.7. The Morgan fingerprint density at radius 3 is 2.27 bits per heavy atom. The Morgan fingerprint density at radius 2 is 1.64 bits per heavy atom. The zero-order chi connectivity index (χ0) is 41.2. The molecule has 9 heteroatoms. The number of ether oxygens (including phenoxy) is 1. The van der Waals surface area contributed by atoms with Crippen molar-refractivity contribution in [2.75, 3.05) is 26.7 Å². The van der Waals surface area contributed by atoms with Gasteiger partial charge in [-0.25, -0.2) is 0 Å². The van der Waals surface area contributed by atoms with E-state index in [2.05, 4.69) is 70.8 Å². The van der Waals surface area contributed by atoms with Crippen LogP contribution in [0.15, 0.2) is 35.4 Å². The minimum atomic E-state index is -1.17. The Labute approximate surface area is 341 Å². The third-order valence-electron chi connectivity index (χ3n) is 16.9. The summed E-state index contributed by atoms with van der Waals surface area (Å²) in [7, 11) is 1.96. The molecule has 0 spiro atoms. The largest absolute Gasteiger partial charge is 0.481 e. The molecule has 9 atom stereocenters. The molecular formula is C47H71ClN2O6. The van der Waals surface area contributed by atoms with Crippen molar-refractivity contribution < 1.29 is 29.3 Å². The van der Waals surface area contributed by atoms with Crippen LogP contribution in [0.3, 0.4) is 0 Å². The number of rotatable bonds is 13. The van der Waals surface area contributed by atoms with Gasteiger partial charge < -0.3 is 20.3 Å². The van der Waals surface area contributed by atoms with Gasteiger partial charge in [0, 0.05) is 48.5 Å². The molecule has 312 valence electrons. The normalized spacial score (nSPS) is 35.8. The number of benzene rings is 1. The number of hydrogen-bond acceptors (Lipinski definition) is 7. The molecule has 0 bridgehead atoms. The zero-order valence-electron chi connectivity index (χ0n) is 36.0. The van der Waals surface area contributed by atoms with Crippen LogP contribution >= 0.6 is 11.6 Å². The molecule has 4 fully saturated rings. The monoisotopic (exact) mass is 795 g/mol. The number of likely N-dealkylation sites (N-methyl/N-ethyl adjacent to an activating group) is 1. The van der Waals surface area contributed by atoms with Gasteiger partial charge in [-0.05, 0) is 135 Å². The van der Waals surface area contributed by atoms with Crippen molar-refractivity contribution >= 4 is 29.3 Å². The first-order valence-electron chi connectivity index (χ1n) is 21.6. The molecule has 0 heterocycles. The second kappa shape index (κ2) is 15.4. The van der Waals surface area contributed by atoms with Gasteiger partial charge in [0.15, 0.2) is 5.78 Å². The van der Waals surface area contributed by atoms with E-state index in [4.69, 9.17) is 16.3 Å². The highest BCUT2D eigenvalue weighted by Crippen LogP contribution is 2.77. The number of carbonyl (C=O) groups excluding carboxylic acids is 2. The Morgan fingerprint density at radius 1 is 0.964 bits per heavy atom. The van der Waals surface area contributed by atoms with Crippen molar-refractivity contribution in [1.29, 1.82) is 0 Å². The molecule has 5 aliphatic rings. The van der Waals surface area contributed by atoms with Gasteiger partial charge in [-0.1, -0.05) is 77.8 Å². The highest BCUT2D eigenvalue weighted by atomic mass is 35.5. The molecule has 0 radical (unpaired) electrons. The molecule has 0 amide bonds. The lowest BCUT2D eigenvalue weighted by Crippen LogP contribution is -2.66. The molecule has 1 aromatic carbocycles. The summed E-state index contributed by atoms with van der Waals surface area (Å²) in [6.07, 6.45) is 7.13. The Balaban J connectivity index is 1.28. The van der Waals surface area contributed by atoms with E-state index in [-0.39, 0.29) is 51.8 Å². The van der Waals surface area contributed by atoms with Gasteiger partial charge >= 0.3 is 11.9 Å². The number of nitrogens with zero attached hydrogens (tertiary/aromatic N) is 1. The molecule has 6 rings (SSSR count). The summed E-state index contributed by atoms with van der Waals surface area (Å²) in [6, 6.07) is 7.97. The maximum atomic E-state index is 14.3. The van der Waals surface area contributed by atoms with Crippen molar-refractivity contribution in [3.05, 3.63) is 46.0 Å². The number of Topliss-reactive ketones (excluding diaryl/α,β-unsaturated/α-hetero) is 1. The minimum Gasteiger partial charge on any atom is -0.481 e. The van der Waals surface area contributed by atoms with E-state index in [1.807, 2.05) is 19.2 Å². The summed E-state index contributed by atoms with van der Waals surface area (Å²) in [5, 5.41) is 26.3. The fraction of sp³-hybridized carbons (Fsp3) is 0.766. The predicted octanol–water partition coefficient (Wildman–Crippen LogP) is 9.12. The lowest BCUT2D eigenvalue weighted by molar-refractivity contribution is -0.235. The number of allylic oxidation sites excluding steroid dienone is 1. The van der Waals surface area contributed by atoms with Crippen LogP contribution in [0.4, 0.5) is 0 Å². The third-order valence-corrected chi connectivity index (χ3v) is 17.2. The van der Waals surface area contributed by atoms with Crippen LogP contribution in [0.5, 0.6) is 0 Å². The number of esters is 1. The topological polar surface area (TPSA) is 116 Å². The number of halogens is 1. The fourth-order valence-corrected chi connectivity index (χ4v) is 13.8. The van der Waals surface area contributed by atoms with Gasteiger partial charge in [0.1, 0.15) is 6.10 Å². The summed E-state index contributed by atoms with van der Waals surface area (Å²) in [6.45, 7) is 22.5. The smallest absolute Gasteiger partial charge is 0.309 e. The highest BCUT2D eigenvalue weighted by Gasteiger charge is 2.71. The van der Waals surface area contributed by atoms with E-state index in [1.54, 1.807) is 13.8 Å². The SMILES string of the molecule is CNCCN(Cc1ccc(Cl)cc1)C[C@H](O)[C@@]12CC[C@]3(C)[C@H](CC[C@@H]4[C@@]5(C)CC[C@H](OC(=O)CC(C)(C)C(=O)O)C(C)(C)[C@@H]5CC[C@]43C)C1=C(C(C)C)C(=O)C2. The number of carboxylic acid groups (broad SMARTS) is 1. The standard InChI is InChI=1S/C47H71ClN2O6/c1-29(2)39-33(51)25-47(36(52)28-50(24-23-49-10)27-30-11-13-31(48)14-12-30)22-21-45(8)32(40(39)47)15-16-35-44(7)19-18-37(56-38(53)26-42(3,4)41(54)55)43(5,6)34(44)17-20-46(35,45)9/h11-14,29,32,34-37,49,52H,15-28H2,1-10H3,(H,54,55)/t32-,34+,35-,36+,37+,44+,45-,46-,47+/m1/s1. The van der Waals surface area contributed by atoms with Crippen molar-refractivity contribution in [2.24, 2.45) is 56.2 Å². The number of nitrogens with one attached hydrogen (secondary N) is 1. The second-order valence-corrected chi connectivity index (χ2v) is 21.5. The number of ketones is 1. The Kier molecular flexibility index (Phi) is 11.9. The van der Waals surface area contributed by atoms with Crippen molar-refractivity contribution in [3.8, 4) is 0 Å². The molecule has 5 aliphatic carbocycles. The van der Waals surface area contributed by atoms with Crippen LogP contribution in [0.1, 0.15) is 132 Å². The highest BCUT2D eigenvalue weighted by molar-refractivity contribution is 6.30. The molecule has 0 unspecified atom stereocenters. The minimum absolute atomic E-state index is 0.0296. The third kappa shape index (κ3) is 7.12. The van der Waals surface area contributed by atoms with Crippen molar-refractivity contribution in [3.63, 3.8) is 0 Å². The number of aliphatic carboxylic acids is 1. The Bertz CT molecular complexity index is 1700. The first-order chi connectivity index (χ1) is 26.1. The van der Waals surface area contributed by atoms with Gasteiger partial charge in [0.25, 0.3) is 0 Å². The molecule has 8 nitrogen and oxygen atoms in total.